The quantitative estimate of drug-likeness (QED) is 0.131. The molecule has 90 heavy (non-hydrogen) atoms. The van der Waals surface area contributed by atoms with E-state index in [1.54, 1.807) is 146 Å². The highest BCUT2D eigenvalue weighted by atomic mass is 16.6. The van der Waals surface area contributed by atoms with Gasteiger partial charge >= 0.3 is 35.8 Å². The Bertz CT molecular complexity index is 3960. The summed E-state index contributed by atoms with van der Waals surface area (Å²) in [5.74, 6) is -4.37. The highest BCUT2D eigenvalue weighted by Gasteiger charge is 2.24. The van der Waals surface area contributed by atoms with Crippen molar-refractivity contribution in [1.29, 1.82) is 0 Å². The van der Waals surface area contributed by atoms with Gasteiger partial charge in [0.15, 0.2) is 0 Å². The van der Waals surface area contributed by atoms with Gasteiger partial charge in [0.1, 0.15) is 73.8 Å². The molecule has 12 bridgehead atoms. The van der Waals surface area contributed by atoms with Gasteiger partial charge in [-0.3, -0.25) is 0 Å². The van der Waals surface area contributed by atoms with Crippen LogP contribution < -0.4 is 0 Å². The zero-order chi connectivity index (χ0) is 61.5. The van der Waals surface area contributed by atoms with Crippen molar-refractivity contribution in [3.05, 3.63) is 250 Å². The molecule has 0 fully saturated rings. The fourth-order valence-corrected chi connectivity index (χ4v) is 9.27. The number of hydrogen-bond acceptors (Lipinski definition) is 24. The molecule has 1 aliphatic rings. The van der Waals surface area contributed by atoms with Crippen molar-refractivity contribution < 1.29 is 57.2 Å². The third-order valence-electron chi connectivity index (χ3n) is 13.6. The molecular weight excluding hydrogens is 1160 g/mol. The van der Waals surface area contributed by atoms with Crippen LogP contribution in [0.4, 0.5) is 0 Å². The fraction of sp³-hybridized carbons (Fsp3) is 0.100. The molecule has 13 rings (SSSR count). The first kappa shape index (κ1) is 56.1. The Morgan fingerprint density at radius 3 is 0.522 bits per heavy atom. The zero-order valence-corrected chi connectivity index (χ0v) is 46.5. The molecule has 7 heterocycles. The molecule has 0 spiro atoms. The summed E-state index contributed by atoms with van der Waals surface area (Å²) in [4.78, 5) is 81.9. The van der Waals surface area contributed by atoms with E-state index in [0.717, 1.165) is 0 Å². The number of carbonyl (C=O) groups is 6. The largest absolute Gasteiger partial charge is 0.455 e. The van der Waals surface area contributed by atoms with Crippen LogP contribution in [0.3, 0.4) is 0 Å². The Morgan fingerprint density at radius 1 is 0.222 bits per heavy atom. The Morgan fingerprint density at radius 2 is 0.367 bits per heavy atom. The lowest BCUT2D eigenvalue weighted by Crippen LogP contribution is -2.11. The van der Waals surface area contributed by atoms with Gasteiger partial charge in [-0.05, 0) is 72.8 Å². The van der Waals surface area contributed by atoms with Crippen LogP contribution in [-0.4, -0.2) is 126 Å². The molecule has 30 heteroatoms. The standard InChI is InChI=1S/C60H42N18O12/c79-55-43-13-1-7-19-49(43)73-25-37(61-67-73)32-86-56(80)45-15-3-9-21-51(45)75-27-39(63-69-75)34-88-58(82)47-17-5-11-23-53(47)77-29-41(65-71-77)36-90-60(84)48-18-6-12-24-54(48)78-30-42(66-72-78)35-89-59(83)46-16-4-10-22-52(46)76-28-40(64-70-76)33-87-57(81)44-14-2-8-20-50(44)74-26-38(31-85-55)62-68-74/h1-30H,31-36H2. The second kappa shape index (κ2) is 24.9. The SMILES string of the molecule is O=C1OCc2cn(nn2)-c2ccccc2C(=O)OCc2cn(nn2)-c2ccccc2C(=O)OCc2cn(nn2)-c2ccccc2C(=O)OCc2cn(nn2)-c2ccccc2C(=O)OCc2cn(nn2)-c2ccccc2C(=O)OCc2cn(nn2)-c2ccccc21. The van der Waals surface area contributed by atoms with Crippen LogP contribution in [0.5, 0.6) is 0 Å². The molecule has 6 aromatic carbocycles. The third-order valence-corrected chi connectivity index (χ3v) is 13.6. The van der Waals surface area contributed by atoms with Gasteiger partial charge in [0.2, 0.25) is 0 Å². The van der Waals surface area contributed by atoms with Crippen molar-refractivity contribution in [2.24, 2.45) is 0 Å². The summed E-state index contributed by atoms with van der Waals surface area (Å²) in [6, 6.07) is 39.1. The van der Waals surface area contributed by atoms with Crippen molar-refractivity contribution in [1.82, 2.24) is 90.0 Å². The maximum Gasteiger partial charge on any atom is 0.340 e. The van der Waals surface area contributed by atoms with Crippen LogP contribution in [0.2, 0.25) is 0 Å². The fourth-order valence-electron chi connectivity index (χ4n) is 9.27. The van der Waals surface area contributed by atoms with E-state index in [0.29, 0.717) is 34.1 Å². The summed E-state index contributed by atoms with van der Waals surface area (Å²) >= 11 is 0. The highest BCUT2D eigenvalue weighted by Crippen LogP contribution is 2.24. The van der Waals surface area contributed by atoms with Crippen LogP contribution in [0, 0.1) is 0 Å². The minimum absolute atomic E-state index is 0.127. The molecule has 0 saturated heterocycles. The molecule has 0 N–H and O–H groups in total. The maximum absolute atomic E-state index is 13.7. The number of esters is 6. The smallest absolute Gasteiger partial charge is 0.340 e. The predicted molar refractivity (Wildman–Crippen MR) is 303 cm³/mol. The van der Waals surface area contributed by atoms with E-state index in [1.165, 1.54) is 65.3 Å². The maximum atomic E-state index is 13.7. The first-order chi connectivity index (χ1) is 44.1. The Hall–Kier alpha value is -13.0. The van der Waals surface area contributed by atoms with Crippen molar-refractivity contribution in [2.75, 3.05) is 0 Å². The van der Waals surface area contributed by atoms with Crippen molar-refractivity contribution >= 4 is 35.8 Å². The number of fused-ring (bicyclic) bond motifs is 24. The number of para-hydroxylation sites is 6. The number of nitrogens with zero attached hydrogens (tertiary/aromatic N) is 18. The molecule has 6 aromatic heterocycles. The molecule has 0 saturated carbocycles. The number of cyclic esters (lactones) is 6. The summed E-state index contributed by atoms with van der Waals surface area (Å²) in [5, 5.41) is 50.1. The highest BCUT2D eigenvalue weighted by molar-refractivity contribution is 5.96. The topological polar surface area (TPSA) is 342 Å². The zero-order valence-electron chi connectivity index (χ0n) is 46.5. The molecule has 0 unspecified atom stereocenters. The number of rotatable bonds is 0. The Kier molecular flexibility index (Phi) is 15.5. The van der Waals surface area contributed by atoms with Gasteiger partial charge < -0.3 is 28.4 Å². The van der Waals surface area contributed by atoms with Gasteiger partial charge in [0.05, 0.1) is 105 Å². The molecular formula is C60H42N18O12. The number of hydrogen-bond donors (Lipinski definition) is 0. The molecule has 1 aliphatic heterocycles. The van der Waals surface area contributed by atoms with Crippen LogP contribution in [0.15, 0.2) is 183 Å². The van der Waals surface area contributed by atoms with Crippen LogP contribution in [-0.2, 0) is 68.1 Å². The first-order valence-corrected chi connectivity index (χ1v) is 27.1. The lowest BCUT2D eigenvalue weighted by atomic mass is 10.2. The second-order valence-electron chi connectivity index (χ2n) is 19.5. The van der Waals surface area contributed by atoms with E-state index in [1.807, 2.05) is 0 Å². The Balaban J connectivity index is 0.744. The van der Waals surface area contributed by atoms with E-state index < -0.39 is 35.8 Å². The minimum atomic E-state index is -0.728. The second-order valence-corrected chi connectivity index (χ2v) is 19.5. The summed E-state index contributed by atoms with van der Waals surface area (Å²) in [6.07, 6.45) is 8.96. The predicted octanol–water partition coefficient (Wildman–Crippen LogP) is 5.63. The molecule has 12 aromatic rings. The normalized spacial score (nSPS) is 13.7. The summed E-state index contributed by atoms with van der Waals surface area (Å²) in [5.41, 5.74) is 4.10. The van der Waals surface area contributed by atoms with Gasteiger partial charge in [0, 0.05) is 0 Å². The van der Waals surface area contributed by atoms with Gasteiger partial charge in [0.25, 0.3) is 0 Å². The van der Waals surface area contributed by atoms with E-state index in [4.69, 9.17) is 28.4 Å². The first-order valence-electron chi connectivity index (χ1n) is 27.1. The van der Waals surface area contributed by atoms with E-state index >= 15 is 0 Å². The lowest BCUT2D eigenvalue weighted by Gasteiger charge is -2.09. The molecule has 0 amide bonds. The van der Waals surface area contributed by atoms with Crippen LogP contribution >= 0.6 is 0 Å². The molecule has 0 atom stereocenters. The molecule has 0 radical (unpaired) electrons. The Labute approximate surface area is 505 Å². The van der Waals surface area contributed by atoms with Crippen molar-refractivity contribution in [3.63, 3.8) is 0 Å². The third kappa shape index (κ3) is 12.0. The van der Waals surface area contributed by atoms with E-state index in [-0.39, 0.29) is 107 Å². The number of carbonyl (C=O) groups excluding carboxylic acids is 6. The van der Waals surface area contributed by atoms with Gasteiger partial charge in [-0.25, -0.2) is 56.9 Å². The average Bonchev–Trinajstić information content (AvgIpc) is 2.23. The summed E-state index contributed by atoms with van der Waals surface area (Å²) in [6.45, 7) is -1.83. The van der Waals surface area contributed by atoms with Crippen molar-refractivity contribution in [3.8, 4) is 34.1 Å². The average molecular weight is 1210 g/mol. The van der Waals surface area contributed by atoms with Crippen molar-refractivity contribution in [2.45, 2.75) is 39.6 Å². The monoisotopic (exact) mass is 1210 g/mol. The summed E-state index contributed by atoms with van der Waals surface area (Å²) in [7, 11) is 0. The summed E-state index contributed by atoms with van der Waals surface area (Å²) < 4.78 is 42.1. The van der Waals surface area contributed by atoms with Crippen LogP contribution in [0.25, 0.3) is 34.1 Å². The minimum Gasteiger partial charge on any atom is -0.455 e. The van der Waals surface area contributed by atoms with Gasteiger partial charge in [-0.2, -0.15) is 0 Å². The number of aromatic nitrogens is 18. The number of benzene rings is 6. The lowest BCUT2D eigenvalue weighted by molar-refractivity contribution is 0.0458. The molecule has 30 nitrogen and oxygen atoms in total. The van der Waals surface area contributed by atoms with E-state index in [2.05, 4.69) is 61.9 Å². The van der Waals surface area contributed by atoms with Gasteiger partial charge in [-0.15, -0.1) is 30.6 Å². The van der Waals surface area contributed by atoms with Gasteiger partial charge in [-0.1, -0.05) is 104 Å². The molecule has 444 valence electrons. The van der Waals surface area contributed by atoms with Crippen LogP contribution in [0.1, 0.15) is 96.3 Å². The molecule has 0 aliphatic carbocycles. The van der Waals surface area contributed by atoms with E-state index in [9.17, 15) is 28.8 Å². The number of ether oxygens (including phenoxy) is 6.